The molecule has 29 heavy (non-hydrogen) atoms. The van der Waals surface area contributed by atoms with Gasteiger partial charge in [-0.2, -0.15) is 0 Å². The number of anilines is 4. The molecule has 0 spiro atoms. The van der Waals surface area contributed by atoms with Gasteiger partial charge in [0.25, 0.3) is 5.91 Å². The van der Waals surface area contributed by atoms with Crippen LogP contribution in [0, 0.1) is 11.6 Å². The fourth-order valence-electron chi connectivity index (χ4n) is 2.79. The zero-order valence-corrected chi connectivity index (χ0v) is 16.1. The van der Waals surface area contributed by atoms with Crippen LogP contribution < -0.4 is 15.5 Å². The van der Waals surface area contributed by atoms with Crippen molar-refractivity contribution in [1.82, 2.24) is 9.97 Å². The van der Waals surface area contributed by atoms with Gasteiger partial charge < -0.3 is 15.5 Å². The Balaban J connectivity index is 1.70. The lowest BCUT2D eigenvalue weighted by Crippen LogP contribution is -2.21. The number of carbonyl (C=O) groups excluding carboxylic acids is 1. The van der Waals surface area contributed by atoms with Crippen LogP contribution in [0.3, 0.4) is 0 Å². The minimum absolute atomic E-state index is 0.0898. The van der Waals surface area contributed by atoms with Gasteiger partial charge >= 0.3 is 0 Å². The van der Waals surface area contributed by atoms with E-state index in [1.807, 2.05) is 24.3 Å². The predicted molar refractivity (Wildman–Crippen MR) is 110 cm³/mol. The number of benzene rings is 2. The first-order valence-corrected chi connectivity index (χ1v) is 9.21. The van der Waals surface area contributed by atoms with E-state index in [-0.39, 0.29) is 17.3 Å². The van der Waals surface area contributed by atoms with Gasteiger partial charge in [0.15, 0.2) is 11.6 Å². The number of nitrogens with one attached hydrogen (secondary N) is 2. The van der Waals surface area contributed by atoms with Crippen LogP contribution >= 0.6 is 0 Å². The lowest BCUT2D eigenvalue weighted by molar-refractivity contribution is 0.102. The molecule has 0 aliphatic carbocycles. The Morgan fingerprint density at radius 2 is 1.66 bits per heavy atom. The van der Waals surface area contributed by atoms with Crippen molar-refractivity contribution in [3.8, 4) is 0 Å². The van der Waals surface area contributed by atoms with Crippen LogP contribution in [-0.2, 0) is 0 Å². The molecule has 3 rings (SSSR count). The molecule has 0 saturated heterocycles. The van der Waals surface area contributed by atoms with Gasteiger partial charge in [-0.05, 0) is 56.3 Å². The van der Waals surface area contributed by atoms with Crippen molar-refractivity contribution in [2.24, 2.45) is 0 Å². The number of carbonyl (C=O) groups is 1. The lowest BCUT2D eigenvalue weighted by atomic mass is 10.2. The highest BCUT2D eigenvalue weighted by atomic mass is 19.2. The van der Waals surface area contributed by atoms with Crippen LogP contribution in [0.1, 0.15) is 24.3 Å². The van der Waals surface area contributed by atoms with Gasteiger partial charge in [-0.15, -0.1) is 0 Å². The first kappa shape index (κ1) is 20.2. The molecule has 0 fully saturated rings. The molecule has 0 atom stereocenters. The summed E-state index contributed by atoms with van der Waals surface area (Å²) in [6.07, 6.45) is 1.44. The largest absolute Gasteiger partial charge is 0.372 e. The van der Waals surface area contributed by atoms with Crippen LogP contribution in [-0.4, -0.2) is 29.0 Å². The molecule has 0 aliphatic rings. The summed E-state index contributed by atoms with van der Waals surface area (Å²) in [7, 11) is 0. The second-order valence-corrected chi connectivity index (χ2v) is 6.19. The molecule has 1 aromatic heterocycles. The summed E-state index contributed by atoms with van der Waals surface area (Å²) in [5, 5.41) is 5.53. The summed E-state index contributed by atoms with van der Waals surface area (Å²) in [5.41, 5.74) is 2.11. The van der Waals surface area contributed by atoms with Gasteiger partial charge in [0.2, 0.25) is 5.95 Å². The molecule has 6 nitrogen and oxygen atoms in total. The maximum atomic E-state index is 13.3. The average molecular weight is 397 g/mol. The quantitative estimate of drug-likeness (QED) is 0.610. The van der Waals surface area contributed by atoms with Crippen molar-refractivity contribution < 1.29 is 13.6 Å². The van der Waals surface area contributed by atoms with E-state index in [2.05, 4.69) is 39.3 Å². The maximum Gasteiger partial charge on any atom is 0.274 e. The van der Waals surface area contributed by atoms with Gasteiger partial charge in [-0.25, -0.2) is 18.7 Å². The third-order valence-corrected chi connectivity index (χ3v) is 4.32. The van der Waals surface area contributed by atoms with Crippen LogP contribution in [0.25, 0.3) is 0 Å². The highest BCUT2D eigenvalue weighted by molar-refractivity contribution is 6.03. The number of amides is 1. The molecule has 1 heterocycles. The van der Waals surface area contributed by atoms with E-state index >= 15 is 0 Å². The third kappa shape index (κ3) is 5.04. The summed E-state index contributed by atoms with van der Waals surface area (Å²) in [6, 6.07) is 12.4. The average Bonchev–Trinajstić information content (AvgIpc) is 2.73. The Morgan fingerprint density at radius 3 is 2.31 bits per heavy atom. The van der Waals surface area contributed by atoms with E-state index in [1.54, 1.807) is 0 Å². The van der Waals surface area contributed by atoms with Crippen LogP contribution in [0.4, 0.5) is 31.8 Å². The van der Waals surface area contributed by atoms with Crippen molar-refractivity contribution in [3.63, 3.8) is 0 Å². The van der Waals surface area contributed by atoms with E-state index in [1.165, 1.54) is 18.3 Å². The summed E-state index contributed by atoms with van der Waals surface area (Å²) < 4.78 is 26.3. The number of hydrogen-bond donors (Lipinski definition) is 2. The molecule has 0 radical (unpaired) electrons. The molecule has 0 aliphatic heterocycles. The Hall–Kier alpha value is -3.55. The van der Waals surface area contributed by atoms with Gasteiger partial charge in [0, 0.05) is 42.4 Å². The SMILES string of the molecule is CCN(CC)c1ccc(Nc2nccc(C(=O)Nc3ccc(F)c(F)c3)n2)cc1. The zero-order valence-electron chi connectivity index (χ0n) is 16.1. The Bertz CT molecular complexity index is 991. The van der Waals surface area contributed by atoms with Crippen LogP contribution in [0.2, 0.25) is 0 Å². The molecule has 8 heteroatoms. The normalized spacial score (nSPS) is 10.5. The van der Waals surface area contributed by atoms with Gasteiger partial charge in [-0.3, -0.25) is 4.79 Å². The molecule has 0 saturated carbocycles. The highest BCUT2D eigenvalue weighted by Gasteiger charge is 2.11. The Kier molecular flexibility index (Phi) is 6.33. The monoisotopic (exact) mass is 397 g/mol. The first-order chi connectivity index (χ1) is 14.0. The minimum Gasteiger partial charge on any atom is -0.372 e. The first-order valence-electron chi connectivity index (χ1n) is 9.21. The molecule has 1 amide bonds. The fourth-order valence-corrected chi connectivity index (χ4v) is 2.79. The molecule has 0 unspecified atom stereocenters. The van der Waals surface area contributed by atoms with E-state index in [4.69, 9.17) is 0 Å². The number of halogens is 2. The van der Waals surface area contributed by atoms with Gasteiger partial charge in [0.1, 0.15) is 5.69 Å². The number of rotatable bonds is 7. The number of nitrogens with zero attached hydrogens (tertiary/aromatic N) is 3. The summed E-state index contributed by atoms with van der Waals surface area (Å²) >= 11 is 0. The highest BCUT2D eigenvalue weighted by Crippen LogP contribution is 2.20. The molecular formula is C21H21F2N5O. The van der Waals surface area contributed by atoms with Crippen molar-refractivity contribution in [2.45, 2.75) is 13.8 Å². The van der Waals surface area contributed by atoms with Crippen molar-refractivity contribution in [3.05, 3.63) is 72.1 Å². The second kappa shape index (κ2) is 9.09. The van der Waals surface area contributed by atoms with Gasteiger partial charge in [-0.1, -0.05) is 0 Å². The Labute approximate surface area is 167 Å². The maximum absolute atomic E-state index is 13.3. The van der Waals surface area contributed by atoms with Crippen molar-refractivity contribution >= 4 is 28.9 Å². The van der Waals surface area contributed by atoms with Crippen molar-refractivity contribution in [2.75, 3.05) is 28.6 Å². The molecular weight excluding hydrogens is 376 g/mol. The second-order valence-electron chi connectivity index (χ2n) is 6.19. The van der Waals surface area contributed by atoms with Crippen molar-refractivity contribution in [1.29, 1.82) is 0 Å². The molecule has 0 bridgehead atoms. The van der Waals surface area contributed by atoms with E-state index in [9.17, 15) is 13.6 Å². The summed E-state index contributed by atoms with van der Waals surface area (Å²) in [5.74, 6) is -2.33. The fraction of sp³-hybridized carbons (Fsp3) is 0.190. The standard InChI is InChI=1S/C21H21F2N5O/c1-3-28(4-2)16-8-5-14(6-9-16)26-21-24-12-11-19(27-21)20(29)25-15-7-10-17(22)18(23)13-15/h5-13H,3-4H2,1-2H3,(H,25,29)(H,24,26,27). The predicted octanol–water partition coefficient (Wildman–Crippen LogP) is 4.60. The molecule has 2 N–H and O–H groups in total. The molecule has 150 valence electrons. The van der Waals surface area contributed by atoms with Gasteiger partial charge in [0.05, 0.1) is 0 Å². The third-order valence-electron chi connectivity index (χ3n) is 4.32. The lowest BCUT2D eigenvalue weighted by Gasteiger charge is -2.21. The smallest absolute Gasteiger partial charge is 0.274 e. The van der Waals surface area contributed by atoms with E-state index in [0.29, 0.717) is 0 Å². The van der Waals surface area contributed by atoms with Crippen LogP contribution in [0.5, 0.6) is 0 Å². The molecule has 2 aromatic carbocycles. The zero-order chi connectivity index (χ0) is 20.8. The Morgan fingerprint density at radius 1 is 0.966 bits per heavy atom. The number of aromatic nitrogens is 2. The van der Waals surface area contributed by atoms with E-state index < -0.39 is 17.5 Å². The van der Waals surface area contributed by atoms with Crippen LogP contribution in [0.15, 0.2) is 54.7 Å². The topological polar surface area (TPSA) is 70.2 Å². The minimum atomic E-state index is -1.04. The summed E-state index contributed by atoms with van der Waals surface area (Å²) in [6.45, 7) is 6.03. The number of hydrogen-bond acceptors (Lipinski definition) is 5. The van der Waals surface area contributed by atoms with E-state index in [0.717, 1.165) is 36.6 Å². The molecule has 3 aromatic rings. The summed E-state index contributed by atoms with van der Waals surface area (Å²) in [4.78, 5) is 22.9.